The van der Waals surface area contributed by atoms with E-state index in [1.165, 1.54) is 0 Å². The van der Waals surface area contributed by atoms with Crippen LogP contribution in [0.15, 0.2) is 35.7 Å². The molecule has 2 N–H and O–H groups in total. The van der Waals surface area contributed by atoms with Crippen LogP contribution in [0.25, 0.3) is 21.5 Å². The van der Waals surface area contributed by atoms with Crippen LogP contribution in [0.3, 0.4) is 0 Å². The van der Waals surface area contributed by atoms with Crippen LogP contribution in [-0.4, -0.2) is 34.4 Å². The number of hydrogen-bond acceptors (Lipinski definition) is 5. The molecule has 1 unspecified atom stereocenters. The topological polar surface area (TPSA) is 84.0 Å². The van der Waals surface area contributed by atoms with Crippen molar-refractivity contribution < 1.29 is 9.59 Å². The molecule has 2 aromatic heterocycles. The number of nitrogens with zero attached hydrogens (tertiary/aromatic N) is 2. The number of fused-ring (bicyclic) bond motifs is 1. The second-order valence-electron chi connectivity index (χ2n) is 6.65. The van der Waals surface area contributed by atoms with Crippen molar-refractivity contribution in [3.8, 4) is 11.3 Å². The molecule has 2 amide bonds. The van der Waals surface area contributed by atoms with Crippen LogP contribution in [0, 0.1) is 6.92 Å². The second-order valence-corrected chi connectivity index (χ2v) is 7.56. The minimum Gasteiger partial charge on any atom is -0.354 e. The van der Waals surface area contributed by atoms with Gasteiger partial charge < -0.3 is 10.6 Å². The fourth-order valence-corrected chi connectivity index (χ4v) is 4.14. The number of carbonyl (C=O) groups excluding carboxylic acids is 2. The van der Waals surface area contributed by atoms with Gasteiger partial charge in [-0.25, -0.2) is 9.97 Å². The summed E-state index contributed by atoms with van der Waals surface area (Å²) in [5, 5.41) is 7.70. The minimum absolute atomic E-state index is 0.108. The molecule has 0 saturated carbocycles. The summed E-state index contributed by atoms with van der Waals surface area (Å²) in [5.74, 6) is 0.344. The number of thiophene rings is 1. The van der Waals surface area contributed by atoms with Crippen molar-refractivity contribution in [1.82, 2.24) is 20.6 Å². The lowest BCUT2D eigenvalue weighted by Crippen LogP contribution is -2.45. The van der Waals surface area contributed by atoms with Gasteiger partial charge in [0.1, 0.15) is 11.9 Å². The number of benzene rings is 1. The van der Waals surface area contributed by atoms with Crippen molar-refractivity contribution in [1.29, 1.82) is 0 Å². The van der Waals surface area contributed by atoms with E-state index in [1.54, 1.807) is 17.4 Å². The molecule has 27 heavy (non-hydrogen) atoms. The van der Waals surface area contributed by atoms with Crippen LogP contribution in [0.1, 0.15) is 35.4 Å². The van der Waals surface area contributed by atoms with E-state index in [0.29, 0.717) is 24.4 Å². The Hall–Kier alpha value is -2.80. The number of aryl methyl sites for hydroxylation is 1. The maximum atomic E-state index is 12.7. The van der Waals surface area contributed by atoms with Crippen LogP contribution in [0.4, 0.5) is 0 Å². The maximum Gasteiger partial charge on any atom is 0.251 e. The van der Waals surface area contributed by atoms with Crippen molar-refractivity contribution in [2.24, 2.45) is 0 Å². The standard InChI is InChI=1S/C20H20N4O2S/c1-12-22-15-8-10-27-18(15)17(23-12)13-5-4-6-14(11-13)19(25)24-16-7-2-3-9-21-20(16)26/h4-6,8,10-11,16H,2-3,7,9H2,1H3,(H,21,26)(H,24,25). The number of rotatable bonds is 3. The lowest BCUT2D eigenvalue weighted by atomic mass is 10.1. The summed E-state index contributed by atoms with van der Waals surface area (Å²) >= 11 is 1.58. The highest BCUT2D eigenvalue weighted by Crippen LogP contribution is 2.30. The average Bonchev–Trinajstić information content (AvgIpc) is 3.05. The fourth-order valence-electron chi connectivity index (χ4n) is 3.30. The molecule has 0 radical (unpaired) electrons. The van der Waals surface area contributed by atoms with Crippen molar-refractivity contribution >= 4 is 33.4 Å². The van der Waals surface area contributed by atoms with Gasteiger partial charge in [0.2, 0.25) is 5.91 Å². The van der Waals surface area contributed by atoms with Crippen molar-refractivity contribution in [3.63, 3.8) is 0 Å². The van der Waals surface area contributed by atoms with Gasteiger partial charge in [-0.2, -0.15) is 0 Å². The van der Waals surface area contributed by atoms with E-state index in [-0.39, 0.29) is 11.8 Å². The Kier molecular flexibility index (Phi) is 4.85. The molecule has 6 nitrogen and oxygen atoms in total. The quantitative estimate of drug-likeness (QED) is 0.731. The molecule has 1 atom stereocenters. The van der Waals surface area contributed by atoms with Crippen LogP contribution >= 0.6 is 11.3 Å². The molecule has 3 heterocycles. The van der Waals surface area contributed by atoms with E-state index in [4.69, 9.17) is 0 Å². The summed E-state index contributed by atoms with van der Waals surface area (Å²) < 4.78 is 1.00. The van der Waals surface area contributed by atoms with Gasteiger partial charge in [0.15, 0.2) is 0 Å². The van der Waals surface area contributed by atoms with Gasteiger partial charge in [-0.3, -0.25) is 9.59 Å². The van der Waals surface area contributed by atoms with Gasteiger partial charge >= 0.3 is 0 Å². The highest BCUT2D eigenvalue weighted by atomic mass is 32.1. The zero-order valence-electron chi connectivity index (χ0n) is 15.0. The van der Waals surface area contributed by atoms with Gasteiger partial charge in [-0.05, 0) is 49.8 Å². The molecule has 138 valence electrons. The van der Waals surface area contributed by atoms with Gasteiger partial charge in [0, 0.05) is 17.7 Å². The zero-order valence-corrected chi connectivity index (χ0v) is 15.8. The largest absolute Gasteiger partial charge is 0.354 e. The lowest BCUT2D eigenvalue weighted by molar-refractivity contribution is -0.122. The van der Waals surface area contributed by atoms with Gasteiger partial charge in [0.25, 0.3) is 5.91 Å². The number of hydrogen-bond donors (Lipinski definition) is 2. The zero-order chi connectivity index (χ0) is 18.8. The third-order valence-electron chi connectivity index (χ3n) is 4.65. The van der Waals surface area contributed by atoms with Crippen LogP contribution < -0.4 is 10.6 Å². The molecule has 1 saturated heterocycles. The average molecular weight is 380 g/mol. The minimum atomic E-state index is -0.478. The number of carbonyl (C=O) groups is 2. The summed E-state index contributed by atoms with van der Waals surface area (Å²) in [5.41, 5.74) is 3.12. The first-order chi connectivity index (χ1) is 13.1. The van der Waals surface area contributed by atoms with Gasteiger partial charge in [-0.1, -0.05) is 12.1 Å². The first-order valence-electron chi connectivity index (χ1n) is 9.03. The van der Waals surface area contributed by atoms with Crippen LogP contribution in [0.2, 0.25) is 0 Å². The predicted molar refractivity (Wildman–Crippen MR) is 106 cm³/mol. The molecule has 1 aliphatic heterocycles. The molecular formula is C20H20N4O2S. The highest BCUT2D eigenvalue weighted by molar-refractivity contribution is 7.17. The number of amides is 2. The van der Waals surface area contributed by atoms with Crippen LogP contribution in [0.5, 0.6) is 0 Å². The Morgan fingerprint density at radius 2 is 2.15 bits per heavy atom. The summed E-state index contributed by atoms with van der Waals surface area (Å²) in [6.45, 7) is 2.53. The SMILES string of the molecule is Cc1nc(-c2cccc(C(=O)NC3CCCCNC3=O)c2)c2sccc2n1. The van der Waals surface area contributed by atoms with Gasteiger partial charge in [0.05, 0.1) is 15.9 Å². The molecule has 4 rings (SSSR count). The second kappa shape index (κ2) is 7.44. The Labute approximate surface area is 161 Å². The summed E-state index contributed by atoms with van der Waals surface area (Å²) in [6.07, 6.45) is 2.52. The monoisotopic (exact) mass is 380 g/mol. The lowest BCUT2D eigenvalue weighted by Gasteiger charge is -2.15. The van der Waals surface area contributed by atoms with E-state index in [0.717, 1.165) is 34.3 Å². The molecule has 0 spiro atoms. The molecule has 3 aromatic rings. The van der Waals surface area contributed by atoms with E-state index in [2.05, 4.69) is 20.6 Å². The Morgan fingerprint density at radius 1 is 1.26 bits per heavy atom. The number of aromatic nitrogens is 2. The third kappa shape index (κ3) is 3.68. The van der Waals surface area contributed by atoms with E-state index in [1.807, 2.05) is 36.6 Å². The Bertz CT molecular complexity index is 1010. The van der Waals surface area contributed by atoms with E-state index >= 15 is 0 Å². The van der Waals surface area contributed by atoms with Crippen molar-refractivity contribution in [2.45, 2.75) is 32.2 Å². The Morgan fingerprint density at radius 3 is 3.04 bits per heavy atom. The third-order valence-corrected chi connectivity index (χ3v) is 5.56. The number of nitrogens with one attached hydrogen (secondary N) is 2. The molecule has 0 aliphatic carbocycles. The summed E-state index contributed by atoms with van der Waals surface area (Å²) in [4.78, 5) is 33.8. The normalized spacial score (nSPS) is 17.4. The maximum absolute atomic E-state index is 12.7. The fraction of sp³-hybridized carbons (Fsp3) is 0.300. The summed E-state index contributed by atoms with van der Waals surface area (Å²) in [6, 6.07) is 8.86. The molecule has 1 aromatic carbocycles. The molecule has 0 bridgehead atoms. The summed E-state index contributed by atoms with van der Waals surface area (Å²) in [7, 11) is 0. The van der Waals surface area contributed by atoms with Crippen LogP contribution in [-0.2, 0) is 4.79 Å². The molecular weight excluding hydrogens is 360 g/mol. The Balaban J connectivity index is 1.63. The molecule has 7 heteroatoms. The van der Waals surface area contributed by atoms with Gasteiger partial charge in [-0.15, -0.1) is 11.3 Å². The smallest absolute Gasteiger partial charge is 0.251 e. The van der Waals surface area contributed by atoms with Crippen molar-refractivity contribution in [3.05, 3.63) is 47.1 Å². The molecule has 1 fully saturated rings. The van der Waals surface area contributed by atoms with Crippen molar-refractivity contribution in [2.75, 3.05) is 6.54 Å². The first-order valence-corrected chi connectivity index (χ1v) is 9.90. The predicted octanol–water partition coefficient (Wildman–Crippen LogP) is 3.07. The van der Waals surface area contributed by atoms with E-state index < -0.39 is 6.04 Å². The first kappa shape index (κ1) is 17.6. The molecule has 1 aliphatic rings. The highest BCUT2D eigenvalue weighted by Gasteiger charge is 2.23. The van der Waals surface area contributed by atoms with E-state index in [9.17, 15) is 9.59 Å².